The van der Waals surface area contributed by atoms with Crippen LogP contribution in [0.4, 0.5) is 16.3 Å². The maximum Gasteiger partial charge on any atom is 0.320 e. The Kier molecular flexibility index (Phi) is 2.95. The van der Waals surface area contributed by atoms with Gasteiger partial charge in [0.1, 0.15) is 0 Å². The quantitative estimate of drug-likeness (QED) is 0.643. The van der Waals surface area contributed by atoms with Crippen LogP contribution in [0.2, 0.25) is 0 Å². The van der Waals surface area contributed by atoms with Crippen molar-refractivity contribution >= 4 is 17.5 Å². The second-order valence-corrected chi connectivity index (χ2v) is 2.96. The van der Waals surface area contributed by atoms with E-state index in [4.69, 9.17) is 5.73 Å². The topological polar surface area (TPSA) is 85.0 Å². The molecule has 0 aromatic carbocycles. The number of nitrogens with zero attached hydrogens (tertiary/aromatic N) is 2. The zero-order valence-electron chi connectivity index (χ0n) is 8.59. The Hall–Kier alpha value is -1.72. The molecule has 0 unspecified atom stereocenters. The fourth-order valence-electron chi connectivity index (χ4n) is 1.14. The molecule has 1 aromatic rings. The first-order valence-corrected chi connectivity index (χ1v) is 4.40. The van der Waals surface area contributed by atoms with Gasteiger partial charge in [-0.3, -0.25) is 10.00 Å². The van der Waals surface area contributed by atoms with Crippen LogP contribution in [0.5, 0.6) is 0 Å². The molecule has 0 fully saturated rings. The minimum absolute atomic E-state index is 0.276. The lowest BCUT2D eigenvalue weighted by atomic mass is 10.4. The number of hydrogen-bond donors (Lipinski definition) is 3. The molecule has 1 rings (SSSR count). The summed E-state index contributed by atoms with van der Waals surface area (Å²) in [5, 5.41) is 9.31. The Morgan fingerprint density at radius 2 is 2.29 bits per heavy atom. The summed E-state index contributed by atoms with van der Waals surface area (Å²) in [6.45, 7) is 4.21. The summed E-state index contributed by atoms with van der Waals surface area (Å²) in [6.07, 6.45) is 0. The van der Waals surface area contributed by atoms with Gasteiger partial charge in [0, 0.05) is 13.6 Å². The molecule has 6 heteroatoms. The van der Waals surface area contributed by atoms with E-state index in [1.54, 1.807) is 18.7 Å². The Morgan fingerprint density at radius 1 is 1.64 bits per heavy atom. The van der Waals surface area contributed by atoms with Crippen LogP contribution >= 0.6 is 0 Å². The third-order valence-electron chi connectivity index (χ3n) is 1.84. The fraction of sp³-hybridized carbons (Fsp3) is 0.500. The molecule has 0 bridgehead atoms. The number of carbonyl (C=O) groups excluding carboxylic acids is 1. The van der Waals surface area contributed by atoms with E-state index >= 15 is 0 Å². The Morgan fingerprint density at radius 3 is 2.71 bits per heavy atom. The van der Waals surface area contributed by atoms with E-state index < -0.39 is 0 Å². The third-order valence-corrected chi connectivity index (χ3v) is 1.84. The van der Waals surface area contributed by atoms with E-state index in [0.717, 1.165) is 0 Å². The molecule has 1 heterocycles. The molecule has 0 atom stereocenters. The maximum atomic E-state index is 11.2. The first kappa shape index (κ1) is 10.4. The number of nitrogens with two attached hydrogens (primary N) is 1. The molecule has 2 amide bonds. The Bertz CT molecular complexity index is 344. The van der Waals surface area contributed by atoms with Gasteiger partial charge in [-0.15, -0.1) is 0 Å². The summed E-state index contributed by atoms with van der Waals surface area (Å²) in [4.78, 5) is 11.2. The molecule has 14 heavy (non-hydrogen) atoms. The standard InChI is InChI=1S/C8H15N5O/c1-4-10-8(14)11-7-6(9)5(2)12-13(7)3/h4,9H2,1-3H3,(H2,10,11,14). The van der Waals surface area contributed by atoms with Crippen LogP contribution < -0.4 is 16.4 Å². The summed E-state index contributed by atoms with van der Waals surface area (Å²) in [5.41, 5.74) is 6.93. The average molecular weight is 197 g/mol. The van der Waals surface area contributed by atoms with Crippen LogP contribution in [0, 0.1) is 6.92 Å². The molecule has 0 aliphatic carbocycles. The van der Waals surface area contributed by atoms with Crippen molar-refractivity contribution in [3.8, 4) is 0 Å². The summed E-state index contributed by atoms with van der Waals surface area (Å²) in [6, 6.07) is -0.276. The van der Waals surface area contributed by atoms with E-state index in [0.29, 0.717) is 23.7 Å². The molecule has 6 nitrogen and oxygen atoms in total. The minimum Gasteiger partial charge on any atom is -0.394 e. The highest BCUT2D eigenvalue weighted by Crippen LogP contribution is 2.20. The summed E-state index contributed by atoms with van der Waals surface area (Å²) in [5.74, 6) is 0.522. The summed E-state index contributed by atoms with van der Waals surface area (Å²) >= 11 is 0. The number of rotatable bonds is 2. The maximum absolute atomic E-state index is 11.2. The van der Waals surface area contributed by atoms with Crippen LogP contribution in [0.3, 0.4) is 0 Å². The largest absolute Gasteiger partial charge is 0.394 e. The molecule has 0 saturated heterocycles. The van der Waals surface area contributed by atoms with Crippen LogP contribution in [-0.2, 0) is 7.05 Å². The lowest BCUT2D eigenvalue weighted by Crippen LogP contribution is -2.29. The molecule has 4 N–H and O–H groups in total. The monoisotopic (exact) mass is 197 g/mol. The van der Waals surface area contributed by atoms with Crippen molar-refractivity contribution in [2.75, 3.05) is 17.6 Å². The molecule has 0 radical (unpaired) electrons. The zero-order chi connectivity index (χ0) is 10.7. The highest BCUT2D eigenvalue weighted by molar-refractivity contribution is 5.91. The van der Waals surface area contributed by atoms with Gasteiger partial charge in [0.25, 0.3) is 0 Å². The van der Waals surface area contributed by atoms with Crippen molar-refractivity contribution < 1.29 is 4.79 Å². The second kappa shape index (κ2) is 3.99. The minimum atomic E-state index is -0.276. The number of amides is 2. The lowest BCUT2D eigenvalue weighted by molar-refractivity contribution is 0.252. The molecule has 78 valence electrons. The van der Waals surface area contributed by atoms with E-state index in [2.05, 4.69) is 15.7 Å². The molecule has 0 aliphatic heterocycles. The zero-order valence-corrected chi connectivity index (χ0v) is 8.59. The SMILES string of the molecule is CCNC(=O)Nc1c(N)c(C)nn1C. The Balaban J connectivity index is 2.81. The van der Waals surface area contributed by atoms with Crippen molar-refractivity contribution in [1.29, 1.82) is 0 Å². The molecule has 0 aliphatic rings. The number of aryl methyl sites for hydroxylation is 2. The van der Waals surface area contributed by atoms with Crippen molar-refractivity contribution in [3.63, 3.8) is 0 Å². The van der Waals surface area contributed by atoms with Crippen molar-refractivity contribution in [3.05, 3.63) is 5.69 Å². The van der Waals surface area contributed by atoms with Crippen LogP contribution in [-0.4, -0.2) is 22.4 Å². The van der Waals surface area contributed by atoms with Crippen LogP contribution in [0.1, 0.15) is 12.6 Å². The molecule has 1 aromatic heterocycles. The Labute approximate surface area is 82.5 Å². The van der Waals surface area contributed by atoms with Crippen molar-refractivity contribution in [2.24, 2.45) is 7.05 Å². The van der Waals surface area contributed by atoms with Gasteiger partial charge < -0.3 is 11.1 Å². The summed E-state index contributed by atoms with van der Waals surface area (Å²) < 4.78 is 1.54. The van der Waals surface area contributed by atoms with Crippen LogP contribution in [0.25, 0.3) is 0 Å². The smallest absolute Gasteiger partial charge is 0.320 e. The van der Waals surface area contributed by atoms with E-state index in [9.17, 15) is 4.79 Å². The normalized spacial score (nSPS) is 9.93. The van der Waals surface area contributed by atoms with Crippen molar-refractivity contribution in [1.82, 2.24) is 15.1 Å². The van der Waals surface area contributed by atoms with Crippen molar-refractivity contribution in [2.45, 2.75) is 13.8 Å². The molecule has 0 saturated carbocycles. The van der Waals surface area contributed by atoms with E-state index in [-0.39, 0.29) is 6.03 Å². The first-order chi connectivity index (χ1) is 6.56. The number of aromatic nitrogens is 2. The highest BCUT2D eigenvalue weighted by Gasteiger charge is 2.11. The van der Waals surface area contributed by atoms with Gasteiger partial charge in [-0.2, -0.15) is 5.10 Å². The van der Waals surface area contributed by atoms with E-state index in [1.165, 1.54) is 0 Å². The van der Waals surface area contributed by atoms with Gasteiger partial charge in [-0.1, -0.05) is 0 Å². The predicted octanol–water partition coefficient (Wildman–Crippen LogP) is 0.452. The number of carbonyl (C=O) groups is 1. The van der Waals surface area contributed by atoms with Gasteiger partial charge in [0.05, 0.1) is 11.4 Å². The van der Waals surface area contributed by atoms with Gasteiger partial charge in [0.15, 0.2) is 5.82 Å². The molecular weight excluding hydrogens is 182 g/mol. The van der Waals surface area contributed by atoms with Gasteiger partial charge >= 0.3 is 6.03 Å². The summed E-state index contributed by atoms with van der Waals surface area (Å²) in [7, 11) is 1.73. The van der Waals surface area contributed by atoms with Gasteiger partial charge in [-0.05, 0) is 13.8 Å². The highest BCUT2D eigenvalue weighted by atomic mass is 16.2. The average Bonchev–Trinajstić information content (AvgIpc) is 2.33. The van der Waals surface area contributed by atoms with Gasteiger partial charge in [0.2, 0.25) is 0 Å². The fourth-order valence-corrected chi connectivity index (χ4v) is 1.14. The van der Waals surface area contributed by atoms with Gasteiger partial charge in [-0.25, -0.2) is 4.79 Å². The molecule has 0 spiro atoms. The van der Waals surface area contributed by atoms with E-state index in [1.807, 2.05) is 6.92 Å². The second-order valence-electron chi connectivity index (χ2n) is 2.96. The third kappa shape index (κ3) is 1.95. The predicted molar refractivity (Wildman–Crippen MR) is 55.1 cm³/mol. The lowest BCUT2D eigenvalue weighted by Gasteiger charge is -2.06. The molecular formula is C8H15N5O. The van der Waals surface area contributed by atoms with Crippen LogP contribution in [0.15, 0.2) is 0 Å². The number of nitrogens with one attached hydrogen (secondary N) is 2. The number of anilines is 2. The number of hydrogen-bond acceptors (Lipinski definition) is 3. The first-order valence-electron chi connectivity index (χ1n) is 4.40. The number of urea groups is 1. The number of nitrogen functional groups attached to an aromatic ring is 1.